The van der Waals surface area contributed by atoms with Gasteiger partial charge in [0.15, 0.2) is 0 Å². The van der Waals surface area contributed by atoms with Crippen LogP contribution in [0.4, 0.5) is 0 Å². The summed E-state index contributed by atoms with van der Waals surface area (Å²) < 4.78 is 25.4. The van der Waals surface area contributed by atoms with Gasteiger partial charge < -0.3 is 4.90 Å². The highest BCUT2D eigenvalue weighted by Gasteiger charge is 2.22. The molecule has 0 rings (SSSR count). The molecule has 0 atom stereocenters. The Morgan fingerprint density at radius 3 is 2.14 bits per heavy atom. The smallest absolute Gasteiger partial charge is 0.211 e. The summed E-state index contributed by atoms with van der Waals surface area (Å²) in [4.78, 5) is 2.00. The van der Waals surface area contributed by atoms with Crippen molar-refractivity contribution in [3.8, 4) is 0 Å². The zero-order valence-electron chi connectivity index (χ0n) is 9.79. The molecular weight excluding hydrogens is 200 g/mol. The fourth-order valence-corrected chi connectivity index (χ4v) is 2.04. The molecular formula is C9H22N2O2S. The molecule has 86 valence electrons. The number of nitrogens with zero attached hydrogens (tertiary/aromatic N) is 1. The summed E-state index contributed by atoms with van der Waals surface area (Å²) in [6, 6.07) is 0. The van der Waals surface area contributed by atoms with Crippen molar-refractivity contribution in [3.63, 3.8) is 0 Å². The number of sulfonamides is 1. The van der Waals surface area contributed by atoms with Gasteiger partial charge in [-0.2, -0.15) is 0 Å². The summed E-state index contributed by atoms with van der Waals surface area (Å²) in [5, 5.41) is 0. The second-order valence-electron chi connectivity index (χ2n) is 4.35. The monoisotopic (exact) mass is 222 g/mol. The molecule has 0 aromatic carbocycles. The van der Waals surface area contributed by atoms with E-state index in [2.05, 4.69) is 4.72 Å². The average molecular weight is 222 g/mol. The molecule has 4 nitrogen and oxygen atoms in total. The molecule has 0 aliphatic heterocycles. The van der Waals surface area contributed by atoms with E-state index in [1.54, 1.807) is 0 Å². The second-order valence-corrected chi connectivity index (χ2v) is 6.27. The van der Waals surface area contributed by atoms with E-state index in [4.69, 9.17) is 0 Å². The highest BCUT2D eigenvalue weighted by Crippen LogP contribution is 2.08. The third-order valence-electron chi connectivity index (χ3n) is 2.41. The predicted molar refractivity (Wildman–Crippen MR) is 59.8 cm³/mol. The Morgan fingerprint density at radius 1 is 1.29 bits per heavy atom. The minimum atomic E-state index is -3.08. The lowest BCUT2D eigenvalue weighted by atomic mass is 10.1. The third kappa shape index (κ3) is 4.93. The second kappa shape index (κ2) is 5.09. The van der Waals surface area contributed by atoms with Gasteiger partial charge in [-0.05, 0) is 34.4 Å². The molecule has 1 N–H and O–H groups in total. The van der Waals surface area contributed by atoms with E-state index in [0.29, 0.717) is 13.0 Å². The molecule has 0 fully saturated rings. The number of nitrogens with one attached hydrogen (secondary N) is 1. The molecule has 0 heterocycles. The molecule has 0 bridgehead atoms. The topological polar surface area (TPSA) is 49.4 Å². The minimum Gasteiger partial charge on any atom is -0.303 e. The van der Waals surface area contributed by atoms with Gasteiger partial charge in [0, 0.05) is 12.1 Å². The van der Waals surface area contributed by atoms with Crippen LogP contribution in [0.3, 0.4) is 0 Å². The number of hydrogen-bond donors (Lipinski definition) is 1. The number of likely N-dealkylation sites (N-methyl/N-ethyl adjacent to an activating group) is 1. The van der Waals surface area contributed by atoms with Crippen molar-refractivity contribution >= 4 is 10.0 Å². The first kappa shape index (κ1) is 13.9. The maximum absolute atomic E-state index is 11.4. The summed E-state index contributed by atoms with van der Waals surface area (Å²) in [5.74, 6) is 0.205. The predicted octanol–water partition coefficient (Wildman–Crippen LogP) is 0.656. The highest BCUT2D eigenvalue weighted by molar-refractivity contribution is 7.89. The van der Waals surface area contributed by atoms with E-state index in [1.807, 2.05) is 39.8 Å². The normalized spacial score (nSPS) is 13.6. The maximum atomic E-state index is 11.4. The third-order valence-corrected chi connectivity index (χ3v) is 3.94. The van der Waals surface area contributed by atoms with E-state index in [1.165, 1.54) is 0 Å². The number of rotatable bonds is 6. The molecule has 0 aliphatic carbocycles. The van der Waals surface area contributed by atoms with Crippen LogP contribution in [0.2, 0.25) is 0 Å². The Balaban J connectivity index is 4.19. The van der Waals surface area contributed by atoms with Crippen molar-refractivity contribution in [1.82, 2.24) is 9.62 Å². The van der Waals surface area contributed by atoms with Gasteiger partial charge in [-0.3, -0.25) is 0 Å². The summed E-state index contributed by atoms with van der Waals surface area (Å²) in [5.41, 5.74) is -0.152. The largest absolute Gasteiger partial charge is 0.303 e. The van der Waals surface area contributed by atoms with Crippen molar-refractivity contribution in [3.05, 3.63) is 0 Å². The van der Waals surface area contributed by atoms with Crippen LogP contribution in [0.15, 0.2) is 0 Å². The zero-order valence-corrected chi connectivity index (χ0v) is 10.6. The van der Waals surface area contributed by atoms with E-state index >= 15 is 0 Å². The SMILES string of the molecule is CCCS(=O)(=O)NCC(C)(C)N(C)C. The van der Waals surface area contributed by atoms with Crippen LogP contribution in [-0.2, 0) is 10.0 Å². The van der Waals surface area contributed by atoms with Crippen LogP contribution in [0.1, 0.15) is 27.2 Å². The van der Waals surface area contributed by atoms with Crippen LogP contribution in [0.25, 0.3) is 0 Å². The van der Waals surface area contributed by atoms with E-state index in [9.17, 15) is 8.42 Å². The molecule has 14 heavy (non-hydrogen) atoms. The Kier molecular flexibility index (Phi) is 5.05. The lowest BCUT2D eigenvalue weighted by Gasteiger charge is -2.32. The van der Waals surface area contributed by atoms with Gasteiger partial charge in [-0.15, -0.1) is 0 Å². The summed E-state index contributed by atoms with van der Waals surface area (Å²) in [6.07, 6.45) is 0.651. The lowest BCUT2D eigenvalue weighted by molar-refractivity contribution is 0.199. The fraction of sp³-hybridized carbons (Fsp3) is 1.00. The van der Waals surface area contributed by atoms with Gasteiger partial charge in [0.1, 0.15) is 0 Å². The van der Waals surface area contributed by atoms with Crippen molar-refractivity contribution < 1.29 is 8.42 Å². The summed E-state index contributed by atoms with van der Waals surface area (Å²) >= 11 is 0. The first-order chi connectivity index (χ1) is 6.21. The summed E-state index contributed by atoms with van der Waals surface area (Å²) in [7, 11) is 0.802. The molecule has 0 saturated heterocycles. The van der Waals surface area contributed by atoms with E-state index < -0.39 is 10.0 Å². The molecule has 0 aromatic rings. The van der Waals surface area contributed by atoms with E-state index in [-0.39, 0.29) is 11.3 Å². The van der Waals surface area contributed by atoms with Crippen molar-refractivity contribution in [2.45, 2.75) is 32.7 Å². The fourth-order valence-electron chi connectivity index (χ4n) is 0.786. The molecule has 0 amide bonds. The molecule has 0 unspecified atom stereocenters. The molecule has 0 saturated carbocycles. The Hall–Kier alpha value is -0.130. The Morgan fingerprint density at radius 2 is 1.79 bits per heavy atom. The van der Waals surface area contributed by atoms with Crippen LogP contribution in [-0.4, -0.2) is 45.2 Å². The quantitative estimate of drug-likeness (QED) is 0.718. The summed E-state index contributed by atoms with van der Waals surface area (Å²) in [6.45, 7) is 6.31. The molecule has 5 heteroatoms. The van der Waals surface area contributed by atoms with Gasteiger partial charge in [0.05, 0.1) is 5.75 Å². The average Bonchev–Trinajstić information content (AvgIpc) is 2.01. The van der Waals surface area contributed by atoms with Gasteiger partial charge in [-0.1, -0.05) is 6.92 Å². The molecule has 0 aliphatic rings. The lowest BCUT2D eigenvalue weighted by Crippen LogP contribution is -2.48. The van der Waals surface area contributed by atoms with Crippen molar-refractivity contribution in [1.29, 1.82) is 0 Å². The number of hydrogen-bond acceptors (Lipinski definition) is 3. The van der Waals surface area contributed by atoms with Gasteiger partial charge >= 0.3 is 0 Å². The first-order valence-corrected chi connectivity index (χ1v) is 6.51. The molecule has 0 spiro atoms. The van der Waals surface area contributed by atoms with E-state index in [0.717, 1.165) is 0 Å². The van der Waals surface area contributed by atoms with Crippen molar-refractivity contribution in [2.24, 2.45) is 0 Å². The Bertz CT molecular complexity index is 258. The van der Waals surface area contributed by atoms with Crippen molar-refractivity contribution in [2.75, 3.05) is 26.4 Å². The highest BCUT2D eigenvalue weighted by atomic mass is 32.2. The zero-order chi connectivity index (χ0) is 11.4. The molecule has 0 aromatic heterocycles. The van der Waals surface area contributed by atoms with Gasteiger partial charge in [0.2, 0.25) is 10.0 Å². The standard InChI is InChI=1S/C9H22N2O2S/c1-6-7-14(12,13)10-8-9(2,3)11(4)5/h10H,6-8H2,1-5H3. The van der Waals surface area contributed by atoms with Gasteiger partial charge in [0.25, 0.3) is 0 Å². The van der Waals surface area contributed by atoms with Crippen LogP contribution in [0, 0.1) is 0 Å². The Labute approximate surface area is 87.7 Å². The van der Waals surface area contributed by atoms with Crippen LogP contribution >= 0.6 is 0 Å². The van der Waals surface area contributed by atoms with Crippen LogP contribution in [0.5, 0.6) is 0 Å². The molecule has 0 radical (unpaired) electrons. The van der Waals surface area contributed by atoms with Gasteiger partial charge in [-0.25, -0.2) is 13.1 Å². The first-order valence-electron chi connectivity index (χ1n) is 4.86. The minimum absolute atomic E-state index is 0.152. The maximum Gasteiger partial charge on any atom is 0.211 e. The van der Waals surface area contributed by atoms with Crippen LogP contribution < -0.4 is 4.72 Å².